The van der Waals surface area contributed by atoms with E-state index >= 15 is 0 Å². The van der Waals surface area contributed by atoms with Crippen LogP contribution in [0.1, 0.15) is 47.0 Å². The fourth-order valence-electron chi connectivity index (χ4n) is 3.01. The van der Waals surface area contributed by atoms with Gasteiger partial charge in [-0.25, -0.2) is 0 Å². The monoisotopic (exact) mass is 267 g/mol. The van der Waals surface area contributed by atoms with Crippen LogP contribution < -0.4 is 5.32 Å². The molecule has 1 aliphatic rings. The van der Waals surface area contributed by atoms with Gasteiger partial charge in [0.15, 0.2) is 0 Å². The Kier molecular flexibility index (Phi) is 6.56. The van der Waals surface area contributed by atoms with Gasteiger partial charge in [0.1, 0.15) is 6.04 Å². The molecule has 1 N–H and O–H groups in total. The van der Waals surface area contributed by atoms with E-state index in [1.165, 1.54) is 19.1 Å². The van der Waals surface area contributed by atoms with E-state index in [1.807, 2.05) is 0 Å². The highest BCUT2D eigenvalue weighted by Crippen LogP contribution is 2.27. The fourth-order valence-corrected chi connectivity index (χ4v) is 3.01. The zero-order valence-electron chi connectivity index (χ0n) is 13.0. The van der Waals surface area contributed by atoms with E-state index in [0.29, 0.717) is 17.8 Å². The van der Waals surface area contributed by atoms with E-state index in [-0.39, 0.29) is 12.0 Å². The quantitative estimate of drug-likeness (QED) is 0.593. The van der Waals surface area contributed by atoms with Crippen molar-refractivity contribution in [1.29, 1.82) is 0 Å². The lowest BCUT2D eigenvalue weighted by Gasteiger charge is -2.29. The Balaban J connectivity index is 2.52. The van der Waals surface area contributed by atoms with Crippen LogP contribution in [-0.4, -0.2) is 25.7 Å². The van der Waals surface area contributed by atoms with Crippen molar-refractivity contribution in [1.82, 2.24) is 5.32 Å². The third-order valence-corrected chi connectivity index (χ3v) is 4.18. The number of carbonyl (C=O) groups is 1. The Hall–Kier alpha value is -0.830. The van der Waals surface area contributed by atoms with Gasteiger partial charge < -0.3 is 10.1 Å². The smallest absolute Gasteiger partial charge is 0.323 e. The van der Waals surface area contributed by atoms with Crippen molar-refractivity contribution in [3.05, 3.63) is 11.6 Å². The first-order chi connectivity index (χ1) is 8.97. The highest BCUT2D eigenvalue weighted by atomic mass is 16.5. The van der Waals surface area contributed by atoms with Gasteiger partial charge >= 0.3 is 5.97 Å². The van der Waals surface area contributed by atoms with Crippen LogP contribution in [-0.2, 0) is 9.53 Å². The average Bonchev–Trinajstić information content (AvgIpc) is 2.37. The molecule has 3 nitrogen and oxygen atoms in total. The minimum absolute atomic E-state index is 0.134. The molecule has 4 atom stereocenters. The van der Waals surface area contributed by atoms with Crippen LogP contribution in [0.15, 0.2) is 11.6 Å². The molecule has 0 bridgehead atoms. The highest BCUT2D eigenvalue weighted by molar-refractivity contribution is 5.75. The van der Waals surface area contributed by atoms with Gasteiger partial charge in [0.25, 0.3) is 0 Å². The molecule has 0 fully saturated rings. The summed E-state index contributed by atoms with van der Waals surface area (Å²) in [4.78, 5) is 11.8. The highest BCUT2D eigenvalue weighted by Gasteiger charge is 2.26. The number of rotatable bonds is 6. The van der Waals surface area contributed by atoms with Crippen LogP contribution in [0.25, 0.3) is 0 Å². The Labute approximate surface area is 117 Å². The van der Waals surface area contributed by atoms with Gasteiger partial charge in [-0.05, 0) is 44.1 Å². The predicted octanol–water partition coefficient (Wildman–Crippen LogP) is 3.16. The summed E-state index contributed by atoms with van der Waals surface area (Å²) in [6.07, 6.45) is 5.69. The lowest BCUT2D eigenvalue weighted by atomic mass is 9.83. The summed E-state index contributed by atoms with van der Waals surface area (Å²) in [6, 6.07) is -0.170. The number of ether oxygens (including phenoxy) is 1. The minimum atomic E-state index is -0.170. The lowest BCUT2D eigenvalue weighted by Crippen LogP contribution is -2.44. The number of hydrogen-bond acceptors (Lipinski definition) is 3. The summed E-state index contributed by atoms with van der Waals surface area (Å²) in [5.74, 6) is 1.47. The van der Waals surface area contributed by atoms with Crippen LogP contribution in [0.5, 0.6) is 0 Å². The summed E-state index contributed by atoms with van der Waals surface area (Å²) < 4.78 is 4.90. The van der Waals surface area contributed by atoms with Crippen molar-refractivity contribution in [3.8, 4) is 0 Å². The van der Waals surface area contributed by atoms with Gasteiger partial charge in [-0.3, -0.25) is 4.79 Å². The number of nitrogens with one attached hydrogen (secondary N) is 1. The van der Waals surface area contributed by atoms with Crippen LogP contribution in [0.2, 0.25) is 0 Å². The largest absolute Gasteiger partial charge is 0.468 e. The van der Waals surface area contributed by atoms with Gasteiger partial charge in [0, 0.05) is 0 Å². The molecule has 1 aliphatic carbocycles. The van der Waals surface area contributed by atoms with Crippen molar-refractivity contribution in [2.24, 2.45) is 17.8 Å². The van der Waals surface area contributed by atoms with Crippen LogP contribution >= 0.6 is 0 Å². The third-order valence-electron chi connectivity index (χ3n) is 4.18. The second kappa shape index (κ2) is 7.68. The molecule has 0 amide bonds. The van der Waals surface area contributed by atoms with Crippen molar-refractivity contribution >= 4 is 5.97 Å². The molecule has 0 aromatic rings. The Bertz CT molecular complexity index is 325. The maximum atomic E-state index is 11.8. The maximum absolute atomic E-state index is 11.8. The molecule has 0 aromatic heterocycles. The molecule has 3 heteroatoms. The molecule has 4 unspecified atom stereocenters. The van der Waals surface area contributed by atoms with Crippen LogP contribution in [0.3, 0.4) is 0 Å². The molecule has 0 aliphatic heterocycles. The zero-order valence-corrected chi connectivity index (χ0v) is 13.0. The summed E-state index contributed by atoms with van der Waals surface area (Å²) in [6.45, 7) is 9.58. The number of hydrogen-bond donors (Lipinski definition) is 1. The number of allylic oxidation sites excluding steroid dienone is 2. The third kappa shape index (κ3) is 4.98. The number of esters is 1. The number of carbonyl (C=O) groups excluding carboxylic acids is 1. The fraction of sp³-hybridized carbons (Fsp3) is 0.812. The van der Waals surface area contributed by atoms with Crippen molar-refractivity contribution in [2.75, 3.05) is 13.7 Å². The molecule has 19 heavy (non-hydrogen) atoms. The average molecular weight is 267 g/mol. The molecule has 0 saturated heterocycles. The minimum Gasteiger partial charge on any atom is -0.468 e. The van der Waals surface area contributed by atoms with Crippen LogP contribution in [0, 0.1) is 17.8 Å². The molecule has 0 saturated carbocycles. The summed E-state index contributed by atoms with van der Waals surface area (Å²) in [5.41, 5.74) is 1.48. The summed E-state index contributed by atoms with van der Waals surface area (Å²) in [5, 5.41) is 3.43. The van der Waals surface area contributed by atoms with Gasteiger partial charge in [-0.2, -0.15) is 0 Å². The first kappa shape index (κ1) is 16.2. The van der Waals surface area contributed by atoms with E-state index in [1.54, 1.807) is 0 Å². The molecule has 1 rings (SSSR count). The molecular weight excluding hydrogens is 238 g/mol. The van der Waals surface area contributed by atoms with E-state index in [9.17, 15) is 4.79 Å². The topological polar surface area (TPSA) is 38.3 Å². The second-order valence-electron chi connectivity index (χ2n) is 6.09. The van der Waals surface area contributed by atoms with E-state index in [0.717, 1.165) is 19.4 Å². The van der Waals surface area contributed by atoms with Crippen molar-refractivity contribution < 1.29 is 9.53 Å². The SMILES string of the molecule is CCC(C)C(NCC1CC(C)=CC(C)C1)C(=O)OC. The molecule has 0 radical (unpaired) electrons. The molecule has 0 spiro atoms. The van der Waals surface area contributed by atoms with Gasteiger partial charge in [0.2, 0.25) is 0 Å². The molecular formula is C16H29NO2. The maximum Gasteiger partial charge on any atom is 0.323 e. The molecule has 0 aromatic carbocycles. The Morgan fingerprint density at radius 2 is 2.26 bits per heavy atom. The standard InChI is InChI=1S/C16H29NO2/c1-6-13(4)15(16(18)19-5)17-10-14-8-11(2)7-12(3)9-14/h7,11,13-15,17H,6,8-10H2,1-5H3. The van der Waals surface area contributed by atoms with Crippen molar-refractivity contribution in [3.63, 3.8) is 0 Å². The van der Waals surface area contributed by atoms with Gasteiger partial charge in [-0.1, -0.05) is 38.8 Å². The Morgan fingerprint density at radius 1 is 1.58 bits per heavy atom. The predicted molar refractivity (Wildman–Crippen MR) is 78.9 cm³/mol. The van der Waals surface area contributed by atoms with E-state index in [2.05, 4.69) is 39.1 Å². The molecule has 0 heterocycles. The van der Waals surface area contributed by atoms with Gasteiger partial charge in [0.05, 0.1) is 7.11 Å². The van der Waals surface area contributed by atoms with Crippen LogP contribution in [0.4, 0.5) is 0 Å². The summed E-state index contributed by atoms with van der Waals surface area (Å²) >= 11 is 0. The van der Waals surface area contributed by atoms with E-state index < -0.39 is 0 Å². The summed E-state index contributed by atoms with van der Waals surface area (Å²) in [7, 11) is 1.47. The second-order valence-corrected chi connectivity index (χ2v) is 6.09. The van der Waals surface area contributed by atoms with Crippen molar-refractivity contribution in [2.45, 2.75) is 53.0 Å². The zero-order chi connectivity index (χ0) is 14.4. The lowest BCUT2D eigenvalue weighted by molar-refractivity contribution is -0.144. The van der Waals surface area contributed by atoms with Gasteiger partial charge in [-0.15, -0.1) is 0 Å². The number of methoxy groups -OCH3 is 1. The van der Waals surface area contributed by atoms with E-state index in [4.69, 9.17) is 4.74 Å². The normalized spacial score (nSPS) is 26.5. The first-order valence-corrected chi connectivity index (χ1v) is 7.46. The molecule has 110 valence electrons. The first-order valence-electron chi connectivity index (χ1n) is 7.46. The Morgan fingerprint density at radius 3 is 2.79 bits per heavy atom.